The molecule has 5 rings (SSSR count). The summed E-state index contributed by atoms with van der Waals surface area (Å²) in [5.41, 5.74) is 0.647. The molecule has 3 aromatic rings. The quantitative estimate of drug-likeness (QED) is 0.352. The number of likely N-dealkylation sites (tertiary alicyclic amines) is 1. The van der Waals surface area contributed by atoms with E-state index in [2.05, 4.69) is 15.2 Å². The van der Waals surface area contributed by atoms with Crippen LogP contribution in [0.1, 0.15) is 48.9 Å². The predicted molar refractivity (Wildman–Crippen MR) is 152 cm³/mol. The van der Waals surface area contributed by atoms with Gasteiger partial charge in [0.2, 0.25) is 17.6 Å². The lowest BCUT2D eigenvalue weighted by molar-refractivity contribution is -0.153. The number of piperidine rings is 2. The van der Waals surface area contributed by atoms with Crippen molar-refractivity contribution in [3.05, 3.63) is 66.1 Å². The van der Waals surface area contributed by atoms with E-state index in [4.69, 9.17) is 9.15 Å². The maximum atomic E-state index is 13.6. The SMILES string of the molecule is CCOC(=O)C1CCCN(C(=O)C2CCN(c3ccc(NC(=O)c4nc(-c5ccccc5)oc4C(F)(F)F)cc3)CC2)C1. The molecule has 0 bridgehead atoms. The molecule has 0 spiro atoms. The Morgan fingerprint density at radius 2 is 1.67 bits per heavy atom. The number of amides is 2. The number of benzene rings is 2. The van der Waals surface area contributed by atoms with Crippen molar-refractivity contribution in [2.45, 2.75) is 38.8 Å². The minimum atomic E-state index is -4.90. The number of anilines is 2. The fraction of sp³-hybridized carbons (Fsp3) is 0.419. The van der Waals surface area contributed by atoms with Gasteiger partial charge in [0.05, 0.1) is 12.5 Å². The summed E-state index contributed by atoms with van der Waals surface area (Å²) in [5, 5.41) is 2.48. The van der Waals surface area contributed by atoms with Gasteiger partial charge in [0.15, 0.2) is 5.69 Å². The standard InChI is InChI=1S/C31H33F3N4O5/c1-2-42-30(41)22-9-6-16-38(19-22)29(40)21-14-17-37(18-15-21)24-12-10-23(11-13-24)35-27(39)25-26(31(32,33)34)43-28(36-25)20-7-4-3-5-8-20/h3-5,7-8,10-13,21-22H,2,6,9,14-19H2,1H3,(H,35,39). The van der Waals surface area contributed by atoms with Crippen LogP contribution in [-0.4, -0.2) is 60.5 Å². The Bertz CT molecular complexity index is 1430. The molecule has 0 saturated carbocycles. The van der Waals surface area contributed by atoms with Crippen LogP contribution in [-0.2, 0) is 20.5 Å². The number of carbonyl (C=O) groups is 3. The molecule has 2 fully saturated rings. The van der Waals surface area contributed by atoms with E-state index >= 15 is 0 Å². The molecule has 2 amide bonds. The highest BCUT2D eigenvalue weighted by atomic mass is 19.4. The molecule has 3 heterocycles. The molecule has 2 aromatic carbocycles. The molecule has 9 nitrogen and oxygen atoms in total. The Morgan fingerprint density at radius 1 is 0.977 bits per heavy atom. The lowest BCUT2D eigenvalue weighted by atomic mass is 9.92. The van der Waals surface area contributed by atoms with E-state index in [1.54, 1.807) is 66.4 Å². The number of oxazole rings is 1. The first kappa shape index (κ1) is 30.1. The van der Waals surface area contributed by atoms with Gasteiger partial charge in [-0.2, -0.15) is 13.2 Å². The molecule has 0 radical (unpaired) electrons. The summed E-state index contributed by atoms with van der Waals surface area (Å²) in [4.78, 5) is 45.9. The molecule has 12 heteroatoms. The number of hydrogen-bond donors (Lipinski definition) is 1. The number of carbonyl (C=O) groups excluding carboxylic acids is 3. The number of esters is 1. The third-order valence-electron chi connectivity index (χ3n) is 7.81. The fourth-order valence-corrected chi connectivity index (χ4v) is 5.59. The average molecular weight is 599 g/mol. The molecule has 1 unspecified atom stereocenters. The fourth-order valence-electron chi connectivity index (χ4n) is 5.59. The molecule has 43 heavy (non-hydrogen) atoms. The van der Waals surface area contributed by atoms with E-state index in [9.17, 15) is 27.6 Å². The highest BCUT2D eigenvalue weighted by Crippen LogP contribution is 2.36. The van der Waals surface area contributed by atoms with Crippen molar-refractivity contribution in [1.82, 2.24) is 9.88 Å². The summed E-state index contributed by atoms with van der Waals surface area (Å²) in [6, 6.07) is 14.8. The summed E-state index contributed by atoms with van der Waals surface area (Å²) >= 11 is 0. The summed E-state index contributed by atoms with van der Waals surface area (Å²) < 4.78 is 51.0. The number of aromatic nitrogens is 1. The van der Waals surface area contributed by atoms with Crippen LogP contribution in [0.5, 0.6) is 0 Å². The summed E-state index contributed by atoms with van der Waals surface area (Å²) in [6.45, 7) is 4.44. The van der Waals surface area contributed by atoms with Crippen LogP contribution in [0.4, 0.5) is 24.5 Å². The number of alkyl halides is 3. The van der Waals surface area contributed by atoms with Crippen LogP contribution in [0.2, 0.25) is 0 Å². The smallest absolute Gasteiger partial charge is 0.452 e. The van der Waals surface area contributed by atoms with Crippen LogP contribution in [0, 0.1) is 11.8 Å². The first-order valence-electron chi connectivity index (χ1n) is 14.4. The maximum absolute atomic E-state index is 13.6. The monoisotopic (exact) mass is 598 g/mol. The minimum absolute atomic E-state index is 0.0770. The van der Waals surface area contributed by atoms with E-state index in [0.717, 1.165) is 18.5 Å². The van der Waals surface area contributed by atoms with Crippen molar-refractivity contribution in [3.8, 4) is 11.5 Å². The molecule has 1 atom stereocenters. The van der Waals surface area contributed by atoms with Crippen LogP contribution >= 0.6 is 0 Å². The highest BCUT2D eigenvalue weighted by Gasteiger charge is 2.42. The van der Waals surface area contributed by atoms with Gasteiger partial charge < -0.3 is 24.3 Å². The lowest BCUT2D eigenvalue weighted by Crippen LogP contribution is -2.47. The normalized spacial score (nSPS) is 17.9. The zero-order valence-corrected chi connectivity index (χ0v) is 23.7. The van der Waals surface area contributed by atoms with Crippen LogP contribution < -0.4 is 10.2 Å². The Labute approximate surface area is 247 Å². The predicted octanol–water partition coefficient (Wildman–Crippen LogP) is 5.63. The topological polar surface area (TPSA) is 105 Å². The van der Waals surface area contributed by atoms with Gasteiger partial charge in [-0.25, -0.2) is 4.98 Å². The van der Waals surface area contributed by atoms with Crippen molar-refractivity contribution in [1.29, 1.82) is 0 Å². The Hall–Kier alpha value is -4.35. The van der Waals surface area contributed by atoms with E-state index < -0.39 is 23.5 Å². The number of nitrogens with zero attached hydrogens (tertiary/aromatic N) is 3. The van der Waals surface area contributed by atoms with Gasteiger partial charge >= 0.3 is 12.1 Å². The molecular weight excluding hydrogens is 565 g/mol. The van der Waals surface area contributed by atoms with Gasteiger partial charge in [-0.15, -0.1) is 0 Å². The first-order valence-corrected chi connectivity index (χ1v) is 14.4. The number of halogens is 3. The summed E-state index contributed by atoms with van der Waals surface area (Å²) in [5.74, 6) is -3.35. The molecule has 1 aromatic heterocycles. The highest BCUT2D eigenvalue weighted by molar-refractivity contribution is 6.04. The third-order valence-corrected chi connectivity index (χ3v) is 7.81. The van der Waals surface area contributed by atoms with Gasteiger partial charge in [0, 0.05) is 49.0 Å². The molecule has 0 aliphatic carbocycles. The Kier molecular flexibility index (Phi) is 9.02. The molecule has 2 aliphatic rings. The summed E-state index contributed by atoms with van der Waals surface area (Å²) in [7, 11) is 0. The average Bonchev–Trinajstić information content (AvgIpc) is 3.49. The van der Waals surface area contributed by atoms with Crippen LogP contribution in [0.15, 0.2) is 59.0 Å². The van der Waals surface area contributed by atoms with Crippen molar-refractivity contribution in [3.63, 3.8) is 0 Å². The van der Waals surface area contributed by atoms with Gasteiger partial charge in [-0.1, -0.05) is 18.2 Å². The van der Waals surface area contributed by atoms with Crippen molar-refractivity contribution in [2.24, 2.45) is 11.8 Å². The van der Waals surface area contributed by atoms with E-state index in [1.807, 2.05) is 0 Å². The zero-order chi connectivity index (χ0) is 30.6. The van der Waals surface area contributed by atoms with E-state index in [-0.39, 0.29) is 29.6 Å². The van der Waals surface area contributed by atoms with E-state index in [1.165, 1.54) is 0 Å². The summed E-state index contributed by atoms with van der Waals surface area (Å²) in [6.07, 6.45) is -2.07. The Balaban J connectivity index is 1.18. The second-order valence-electron chi connectivity index (χ2n) is 10.7. The molecule has 2 saturated heterocycles. The first-order chi connectivity index (χ1) is 20.6. The molecule has 1 N–H and O–H groups in total. The largest absolute Gasteiger partial charge is 0.466 e. The van der Waals surface area contributed by atoms with Gasteiger partial charge in [0.1, 0.15) is 0 Å². The number of hydrogen-bond acceptors (Lipinski definition) is 7. The molecule has 228 valence electrons. The van der Waals surface area contributed by atoms with Crippen LogP contribution in [0.25, 0.3) is 11.5 Å². The second kappa shape index (κ2) is 12.9. The van der Waals surface area contributed by atoms with E-state index in [0.29, 0.717) is 56.9 Å². The van der Waals surface area contributed by atoms with Crippen LogP contribution in [0.3, 0.4) is 0 Å². The Morgan fingerprint density at radius 3 is 2.33 bits per heavy atom. The van der Waals surface area contributed by atoms with Gasteiger partial charge in [0.25, 0.3) is 5.91 Å². The van der Waals surface area contributed by atoms with Gasteiger partial charge in [-0.05, 0) is 69.0 Å². The third kappa shape index (κ3) is 7.00. The molecule has 2 aliphatic heterocycles. The number of nitrogens with one attached hydrogen (secondary N) is 1. The zero-order valence-electron chi connectivity index (χ0n) is 23.7. The minimum Gasteiger partial charge on any atom is -0.466 e. The number of ether oxygens (including phenoxy) is 1. The van der Waals surface area contributed by atoms with Crippen molar-refractivity contribution in [2.75, 3.05) is 43.0 Å². The lowest BCUT2D eigenvalue weighted by Gasteiger charge is -2.38. The second-order valence-corrected chi connectivity index (χ2v) is 10.7. The van der Waals surface area contributed by atoms with Gasteiger partial charge in [-0.3, -0.25) is 14.4 Å². The van der Waals surface area contributed by atoms with Crippen molar-refractivity contribution < 1.29 is 36.7 Å². The maximum Gasteiger partial charge on any atom is 0.452 e. The van der Waals surface area contributed by atoms with Crippen molar-refractivity contribution >= 4 is 29.2 Å². The number of rotatable bonds is 7. The molecular formula is C31H33F3N4O5.